The first-order valence-electron chi connectivity index (χ1n) is 1.65. The van der Waals surface area contributed by atoms with E-state index in [1.54, 1.807) is 14.0 Å². The van der Waals surface area contributed by atoms with Crippen LogP contribution >= 0.6 is 0 Å². The van der Waals surface area contributed by atoms with Crippen LogP contribution in [0.4, 0.5) is 0 Å². The van der Waals surface area contributed by atoms with Crippen LogP contribution < -0.4 is 11.1 Å². The molecular formula is C3H9N2. The van der Waals surface area contributed by atoms with Crippen molar-refractivity contribution in [2.75, 3.05) is 7.05 Å². The number of nitrogens with one attached hydrogen (secondary N) is 2. The van der Waals surface area contributed by atoms with Crippen molar-refractivity contribution < 1.29 is 0 Å². The Morgan fingerprint density at radius 3 is 2.00 bits per heavy atom. The lowest BCUT2D eigenvalue weighted by Crippen LogP contribution is -2.21. The first-order chi connectivity index (χ1) is 2.27. The highest BCUT2D eigenvalue weighted by atomic mass is 15.0. The Bertz CT molecular complexity index is 18.9. The van der Waals surface area contributed by atoms with Gasteiger partial charge in [0.1, 0.15) is 0 Å². The summed E-state index contributed by atoms with van der Waals surface area (Å²) in [5.41, 5.74) is 6.72. The van der Waals surface area contributed by atoms with Gasteiger partial charge in [-0.1, -0.05) is 0 Å². The topological polar surface area (TPSA) is 35.8 Å². The van der Waals surface area contributed by atoms with Crippen LogP contribution in [0.15, 0.2) is 0 Å². The zero-order valence-corrected chi connectivity index (χ0v) is 3.58. The average Bonchev–Trinajstić information content (AvgIpc) is 1.38. The summed E-state index contributed by atoms with van der Waals surface area (Å²) in [6.45, 7) is 1.78. The highest BCUT2D eigenvalue weighted by Crippen LogP contribution is 1.57. The van der Waals surface area contributed by atoms with Crippen molar-refractivity contribution in [2.45, 2.75) is 13.1 Å². The van der Waals surface area contributed by atoms with Crippen LogP contribution in [0.5, 0.6) is 0 Å². The van der Waals surface area contributed by atoms with E-state index in [0.717, 1.165) is 0 Å². The molecule has 2 nitrogen and oxygen atoms in total. The molecule has 1 atom stereocenters. The Morgan fingerprint density at radius 1 is 1.80 bits per heavy atom. The summed E-state index contributed by atoms with van der Waals surface area (Å²) in [5.74, 6) is 0. The second-order valence-electron chi connectivity index (χ2n) is 1.01. The van der Waals surface area contributed by atoms with Gasteiger partial charge in [-0.05, 0) is 14.0 Å². The predicted molar refractivity (Wildman–Crippen MR) is 21.6 cm³/mol. The van der Waals surface area contributed by atoms with E-state index in [1.165, 1.54) is 0 Å². The Balaban J connectivity index is 2.54. The van der Waals surface area contributed by atoms with Crippen LogP contribution in [-0.2, 0) is 0 Å². The molecule has 5 heavy (non-hydrogen) atoms. The maximum Gasteiger partial charge on any atom is 0.0673 e. The Hall–Kier alpha value is -0.0800. The number of rotatable bonds is 1. The second kappa shape index (κ2) is 2.18. The van der Waals surface area contributed by atoms with Crippen LogP contribution in [0.25, 0.3) is 0 Å². The van der Waals surface area contributed by atoms with Gasteiger partial charge in [-0.2, -0.15) is 0 Å². The van der Waals surface area contributed by atoms with E-state index >= 15 is 0 Å². The van der Waals surface area contributed by atoms with Crippen molar-refractivity contribution in [3.63, 3.8) is 0 Å². The summed E-state index contributed by atoms with van der Waals surface area (Å²) in [6.07, 6.45) is -0.116. The molecule has 0 aliphatic heterocycles. The fraction of sp³-hybridized carbons (Fsp3) is 1.00. The largest absolute Gasteiger partial charge is 0.304 e. The van der Waals surface area contributed by atoms with Gasteiger partial charge in [-0.15, -0.1) is 0 Å². The van der Waals surface area contributed by atoms with E-state index in [9.17, 15) is 0 Å². The molecular weight excluding hydrogens is 64.0 g/mol. The molecule has 1 unspecified atom stereocenters. The van der Waals surface area contributed by atoms with Crippen molar-refractivity contribution >= 4 is 0 Å². The molecule has 0 aliphatic carbocycles. The van der Waals surface area contributed by atoms with Gasteiger partial charge in [-0.3, -0.25) is 0 Å². The Kier molecular flexibility index (Phi) is 2.14. The smallest absolute Gasteiger partial charge is 0.0673 e. The van der Waals surface area contributed by atoms with Gasteiger partial charge in [0.05, 0.1) is 6.17 Å². The minimum Gasteiger partial charge on any atom is -0.304 e. The summed E-state index contributed by atoms with van der Waals surface area (Å²) in [6, 6.07) is 0. The average molecular weight is 73.1 g/mol. The molecule has 0 amide bonds. The lowest BCUT2D eigenvalue weighted by atomic mass is 10.6. The molecule has 0 saturated heterocycles. The quantitative estimate of drug-likeness (QED) is 0.459. The van der Waals surface area contributed by atoms with Crippen molar-refractivity contribution in [2.24, 2.45) is 0 Å². The second-order valence-corrected chi connectivity index (χ2v) is 1.01. The fourth-order valence-electron chi connectivity index (χ4n) is 0. The maximum atomic E-state index is 6.72. The lowest BCUT2D eigenvalue weighted by molar-refractivity contribution is 0.620. The molecule has 0 rings (SSSR count). The molecule has 0 saturated carbocycles. The Morgan fingerprint density at radius 2 is 2.00 bits per heavy atom. The van der Waals surface area contributed by atoms with Crippen LogP contribution in [0.2, 0.25) is 0 Å². The summed E-state index contributed by atoms with van der Waals surface area (Å²) < 4.78 is 0. The summed E-state index contributed by atoms with van der Waals surface area (Å²) in [4.78, 5) is 0. The highest BCUT2D eigenvalue weighted by Gasteiger charge is 1.78. The van der Waals surface area contributed by atoms with Crippen LogP contribution in [0.1, 0.15) is 6.92 Å². The molecule has 0 aromatic rings. The van der Waals surface area contributed by atoms with Gasteiger partial charge >= 0.3 is 0 Å². The van der Waals surface area contributed by atoms with E-state index in [1.807, 2.05) is 0 Å². The van der Waals surface area contributed by atoms with Crippen LogP contribution in [0.3, 0.4) is 0 Å². The van der Waals surface area contributed by atoms with Crippen molar-refractivity contribution in [3.8, 4) is 0 Å². The minimum absolute atomic E-state index is 0.116. The van der Waals surface area contributed by atoms with Crippen molar-refractivity contribution in [3.05, 3.63) is 0 Å². The standard InChI is InChI=1S/C3H9N2/c1-3(4)5-2/h3-5H,1-2H3. The molecule has 0 aromatic carbocycles. The minimum atomic E-state index is -0.116. The summed E-state index contributed by atoms with van der Waals surface area (Å²) in [7, 11) is 1.76. The Labute approximate surface area is 32.4 Å². The van der Waals surface area contributed by atoms with Crippen LogP contribution in [-0.4, -0.2) is 13.2 Å². The molecule has 31 valence electrons. The SMILES string of the molecule is CNC(C)[NH]. The first kappa shape index (κ1) is 4.92. The molecule has 0 spiro atoms. The molecule has 1 radical (unpaired) electrons. The van der Waals surface area contributed by atoms with E-state index in [4.69, 9.17) is 5.73 Å². The third kappa shape index (κ3) is 3.92. The molecule has 2 heteroatoms. The summed E-state index contributed by atoms with van der Waals surface area (Å²) >= 11 is 0. The van der Waals surface area contributed by atoms with Crippen molar-refractivity contribution in [1.29, 1.82) is 0 Å². The summed E-state index contributed by atoms with van der Waals surface area (Å²) in [5, 5.41) is 2.69. The van der Waals surface area contributed by atoms with Gasteiger partial charge in [0.2, 0.25) is 0 Å². The predicted octanol–water partition coefficient (Wildman–Crippen LogP) is -0.165. The van der Waals surface area contributed by atoms with Gasteiger partial charge in [0.25, 0.3) is 0 Å². The highest BCUT2D eigenvalue weighted by molar-refractivity contribution is 4.36. The zero-order chi connectivity index (χ0) is 4.28. The van der Waals surface area contributed by atoms with Gasteiger partial charge in [0.15, 0.2) is 0 Å². The molecule has 0 fully saturated rings. The normalized spacial score (nSPS) is 15.0. The van der Waals surface area contributed by atoms with Gasteiger partial charge in [0, 0.05) is 0 Å². The van der Waals surface area contributed by atoms with Gasteiger partial charge in [-0.25, -0.2) is 5.73 Å². The third-order valence-corrected chi connectivity index (χ3v) is 0.433. The monoisotopic (exact) mass is 73.1 g/mol. The lowest BCUT2D eigenvalue weighted by Gasteiger charge is -1.94. The van der Waals surface area contributed by atoms with Crippen LogP contribution in [0, 0.1) is 0 Å². The first-order valence-corrected chi connectivity index (χ1v) is 1.65. The number of hydrogen-bond acceptors (Lipinski definition) is 1. The molecule has 0 bridgehead atoms. The third-order valence-electron chi connectivity index (χ3n) is 0.433. The zero-order valence-electron chi connectivity index (χ0n) is 3.58. The van der Waals surface area contributed by atoms with E-state index in [2.05, 4.69) is 5.32 Å². The van der Waals surface area contributed by atoms with Gasteiger partial charge < -0.3 is 5.32 Å². The maximum absolute atomic E-state index is 6.72. The molecule has 2 N–H and O–H groups in total. The molecule has 0 aliphatic rings. The molecule has 0 heterocycles. The van der Waals surface area contributed by atoms with Crippen molar-refractivity contribution in [1.82, 2.24) is 11.1 Å². The van der Waals surface area contributed by atoms with E-state index < -0.39 is 0 Å². The van der Waals surface area contributed by atoms with E-state index in [-0.39, 0.29) is 6.17 Å². The van der Waals surface area contributed by atoms with E-state index in [0.29, 0.717) is 0 Å². The molecule has 0 aromatic heterocycles. The fourth-order valence-corrected chi connectivity index (χ4v) is 0. The number of hydrogen-bond donors (Lipinski definition) is 1.